The van der Waals surface area contributed by atoms with E-state index in [1.807, 2.05) is 38.9 Å². The molecule has 1 saturated heterocycles. The first-order valence-corrected chi connectivity index (χ1v) is 9.81. The summed E-state index contributed by atoms with van der Waals surface area (Å²) >= 11 is 0. The van der Waals surface area contributed by atoms with E-state index in [0.717, 1.165) is 18.1 Å². The van der Waals surface area contributed by atoms with Crippen LogP contribution in [0.1, 0.15) is 25.0 Å². The molecule has 1 N–H and O–H groups in total. The Morgan fingerprint density at radius 2 is 1.86 bits per heavy atom. The van der Waals surface area contributed by atoms with Gasteiger partial charge in [0.25, 0.3) is 0 Å². The molecule has 1 fully saturated rings. The molecule has 1 aromatic carbocycles. The molecule has 0 aromatic heterocycles. The minimum atomic E-state index is -0.260. The van der Waals surface area contributed by atoms with E-state index in [0.29, 0.717) is 51.4 Å². The van der Waals surface area contributed by atoms with E-state index < -0.39 is 0 Å². The third-order valence-corrected chi connectivity index (χ3v) is 4.45. The van der Waals surface area contributed by atoms with Crippen molar-refractivity contribution in [2.24, 2.45) is 4.99 Å². The van der Waals surface area contributed by atoms with Crippen LogP contribution in [0.3, 0.4) is 0 Å². The van der Waals surface area contributed by atoms with E-state index in [1.54, 1.807) is 11.0 Å². The zero-order valence-electron chi connectivity index (χ0n) is 17.8. The van der Waals surface area contributed by atoms with Crippen molar-refractivity contribution in [3.63, 3.8) is 0 Å². The van der Waals surface area contributed by atoms with E-state index >= 15 is 0 Å². The number of nitrogens with zero attached hydrogens (tertiary/aromatic N) is 4. The van der Waals surface area contributed by atoms with Gasteiger partial charge < -0.3 is 24.8 Å². The molecule has 0 unspecified atom stereocenters. The van der Waals surface area contributed by atoms with Crippen LogP contribution in [0.2, 0.25) is 0 Å². The zero-order chi connectivity index (χ0) is 20.5. The van der Waals surface area contributed by atoms with Gasteiger partial charge in [0.1, 0.15) is 5.82 Å². The molecule has 0 bridgehead atoms. The fourth-order valence-electron chi connectivity index (χ4n) is 3.10. The number of aliphatic imine (C=N–C) groups is 1. The zero-order valence-corrected chi connectivity index (χ0v) is 20.1. The second kappa shape index (κ2) is 12.8. The number of carbonyl (C=O) groups excluding carboxylic acids is 1. The van der Waals surface area contributed by atoms with Crippen LogP contribution in [0, 0.1) is 5.82 Å². The Balaban J connectivity index is 0.00000420. The maximum absolute atomic E-state index is 14.0. The van der Waals surface area contributed by atoms with E-state index in [1.165, 1.54) is 6.07 Å². The SMILES string of the molecule is CCNC(=NCc1ccc(F)c(CN(C)C)c1)N1CCN(C(=O)OCC)CC1.I. The molecule has 0 saturated carbocycles. The van der Waals surface area contributed by atoms with Gasteiger partial charge in [0, 0.05) is 44.8 Å². The van der Waals surface area contributed by atoms with Gasteiger partial charge in [-0.1, -0.05) is 6.07 Å². The van der Waals surface area contributed by atoms with Crippen molar-refractivity contribution in [3.05, 3.63) is 35.1 Å². The van der Waals surface area contributed by atoms with Crippen LogP contribution in [-0.4, -0.2) is 80.2 Å². The molecule has 1 amide bonds. The van der Waals surface area contributed by atoms with Crippen molar-refractivity contribution in [2.75, 3.05) is 53.4 Å². The quantitative estimate of drug-likeness (QED) is 0.355. The monoisotopic (exact) mass is 521 g/mol. The van der Waals surface area contributed by atoms with Crippen LogP contribution in [0.5, 0.6) is 0 Å². The largest absolute Gasteiger partial charge is 0.450 e. The fourth-order valence-corrected chi connectivity index (χ4v) is 3.10. The lowest BCUT2D eigenvalue weighted by Gasteiger charge is -2.35. The first-order valence-electron chi connectivity index (χ1n) is 9.81. The summed E-state index contributed by atoms with van der Waals surface area (Å²) in [5, 5.41) is 3.31. The average molecular weight is 521 g/mol. The lowest BCUT2D eigenvalue weighted by Crippen LogP contribution is -2.53. The average Bonchev–Trinajstić information content (AvgIpc) is 2.67. The Bertz CT molecular complexity index is 679. The smallest absolute Gasteiger partial charge is 0.409 e. The molecule has 1 aliphatic heterocycles. The normalized spacial score (nSPS) is 14.6. The van der Waals surface area contributed by atoms with Gasteiger partial charge in [0.05, 0.1) is 13.2 Å². The number of piperazine rings is 1. The maximum Gasteiger partial charge on any atom is 0.409 e. The van der Waals surface area contributed by atoms with Gasteiger partial charge in [-0.25, -0.2) is 14.2 Å². The van der Waals surface area contributed by atoms with Crippen molar-refractivity contribution in [1.29, 1.82) is 0 Å². The van der Waals surface area contributed by atoms with Gasteiger partial charge in [-0.3, -0.25) is 0 Å². The minimum absolute atomic E-state index is 0. The highest BCUT2D eigenvalue weighted by molar-refractivity contribution is 14.0. The van der Waals surface area contributed by atoms with Gasteiger partial charge in [-0.05, 0) is 45.6 Å². The molecule has 7 nitrogen and oxygen atoms in total. The summed E-state index contributed by atoms with van der Waals surface area (Å²) in [5.74, 6) is 0.618. The second-order valence-corrected chi connectivity index (χ2v) is 7.01. The highest BCUT2D eigenvalue weighted by Gasteiger charge is 2.23. The predicted octanol–water partition coefficient (Wildman–Crippen LogP) is 2.74. The van der Waals surface area contributed by atoms with Crippen molar-refractivity contribution in [1.82, 2.24) is 20.0 Å². The molecule has 1 aromatic rings. The Hall–Kier alpha value is -1.62. The number of amides is 1. The van der Waals surface area contributed by atoms with E-state index in [-0.39, 0.29) is 35.9 Å². The van der Waals surface area contributed by atoms with Crippen LogP contribution in [-0.2, 0) is 17.8 Å². The number of halogens is 2. The van der Waals surface area contributed by atoms with Crippen LogP contribution in [0.15, 0.2) is 23.2 Å². The van der Waals surface area contributed by atoms with Crippen LogP contribution >= 0.6 is 24.0 Å². The summed E-state index contributed by atoms with van der Waals surface area (Å²) in [7, 11) is 3.84. The van der Waals surface area contributed by atoms with Crippen molar-refractivity contribution >= 4 is 36.0 Å². The number of guanidine groups is 1. The molecule has 2 rings (SSSR count). The molecule has 0 radical (unpaired) electrons. The van der Waals surface area contributed by atoms with E-state index in [2.05, 4.69) is 10.2 Å². The molecule has 0 spiro atoms. The van der Waals surface area contributed by atoms with Gasteiger partial charge in [-0.2, -0.15) is 0 Å². The van der Waals surface area contributed by atoms with Crippen molar-refractivity contribution in [3.8, 4) is 0 Å². The lowest BCUT2D eigenvalue weighted by atomic mass is 10.1. The van der Waals surface area contributed by atoms with Crippen molar-refractivity contribution < 1.29 is 13.9 Å². The van der Waals surface area contributed by atoms with Crippen LogP contribution < -0.4 is 5.32 Å². The number of ether oxygens (including phenoxy) is 1. The first-order chi connectivity index (χ1) is 13.4. The highest BCUT2D eigenvalue weighted by atomic mass is 127. The van der Waals surface area contributed by atoms with Gasteiger partial charge >= 0.3 is 6.09 Å². The van der Waals surface area contributed by atoms with Gasteiger partial charge in [0.2, 0.25) is 0 Å². The summed E-state index contributed by atoms with van der Waals surface area (Å²) in [6.45, 7) is 8.60. The Morgan fingerprint density at radius 1 is 1.21 bits per heavy atom. The molecular weight excluding hydrogens is 488 g/mol. The third kappa shape index (κ3) is 7.96. The van der Waals surface area contributed by atoms with E-state index in [4.69, 9.17) is 9.73 Å². The number of hydrogen-bond acceptors (Lipinski definition) is 4. The molecule has 1 heterocycles. The summed E-state index contributed by atoms with van der Waals surface area (Å²) in [5.41, 5.74) is 1.64. The summed E-state index contributed by atoms with van der Waals surface area (Å²) in [4.78, 5) is 22.4. The maximum atomic E-state index is 14.0. The second-order valence-electron chi connectivity index (χ2n) is 7.01. The predicted molar refractivity (Wildman–Crippen MR) is 124 cm³/mol. The fraction of sp³-hybridized carbons (Fsp3) is 0.600. The Labute approximate surface area is 190 Å². The third-order valence-electron chi connectivity index (χ3n) is 4.45. The molecule has 0 atom stereocenters. The molecule has 9 heteroatoms. The first kappa shape index (κ1) is 25.4. The molecular formula is C20H33FIN5O2. The van der Waals surface area contributed by atoms with Gasteiger partial charge in [-0.15, -0.1) is 24.0 Å². The number of nitrogens with one attached hydrogen (secondary N) is 1. The molecule has 29 heavy (non-hydrogen) atoms. The number of carbonyl (C=O) groups is 1. The summed E-state index contributed by atoms with van der Waals surface area (Å²) in [6.07, 6.45) is -0.260. The standard InChI is InChI=1S/C20H32FN5O2.HI/c1-5-22-19(25-9-11-26(12-10-25)20(27)28-6-2)23-14-16-7-8-18(21)17(13-16)15-24(3)4;/h7-8,13H,5-6,9-12,14-15H2,1-4H3,(H,22,23);1H. The molecule has 164 valence electrons. The number of rotatable bonds is 6. The molecule has 1 aliphatic rings. The van der Waals surface area contributed by atoms with Crippen LogP contribution in [0.4, 0.5) is 9.18 Å². The Kier molecular flexibility index (Phi) is 11.3. The lowest BCUT2D eigenvalue weighted by molar-refractivity contribution is 0.0914. The summed E-state index contributed by atoms with van der Waals surface area (Å²) < 4.78 is 19.0. The topological polar surface area (TPSA) is 60.4 Å². The number of benzene rings is 1. The molecule has 0 aliphatic carbocycles. The highest BCUT2D eigenvalue weighted by Crippen LogP contribution is 2.13. The van der Waals surface area contributed by atoms with Gasteiger partial charge in [0.15, 0.2) is 5.96 Å². The Morgan fingerprint density at radius 3 is 2.45 bits per heavy atom. The minimum Gasteiger partial charge on any atom is -0.450 e. The van der Waals surface area contributed by atoms with Crippen LogP contribution in [0.25, 0.3) is 0 Å². The number of hydrogen-bond donors (Lipinski definition) is 1. The summed E-state index contributed by atoms with van der Waals surface area (Å²) in [6, 6.07) is 5.16. The van der Waals surface area contributed by atoms with E-state index in [9.17, 15) is 9.18 Å². The van der Waals surface area contributed by atoms with Crippen molar-refractivity contribution in [2.45, 2.75) is 26.9 Å².